The molecule has 0 aliphatic carbocycles. The first-order valence-corrected chi connectivity index (χ1v) is 9.98. The number of benzene rings is 1. The number of hydrogen-bond acceptors (Lipinski definition) is 5. The molecule has 138 valence electrons. The number of pyridine rings is 1. The van der Waals surface area contributed by atoms with Gasteiger partial charge in [0.25, 0.3) is 0 Å². The van der Waals surface area contributed by atoms with E-state index in [4.69, 9.17) is 4.74 Å². The molecule has 1 saturated heterocycles. The molecule has 1 aromatic heterocycles. The minimum Gasteiger partial charge on any atom is -0.378 e. The van der Waals surface area contributed by atoms with Gasteiger partial charge in [-0.25, -0.2) is 4.98 Å². The minimum atomic E-state index is -0.0872. The lowest BCUT2D eigenvalue weighted by molar-refractivity contribution is -0.120. The molecule has 6 heteroatoms. The second-order valence-corrected chi connectivity index (χ2v) is 7.61. The number of aromatic nitrogens is 1. The molecule has 1 aromatic carbocycles. The van der Waals surface area contributed by atoms with E-state index in [0.717, 1.165) is 43.4 Å². The number of nitrogens with zero attached hydrogens (tertiary/aromatic N) is 2. The first-order valence-electron chi connectivity index (χ1n) is 8.93. The Balaban J connectivity index is 1.43. The van der Waals surface area contributed by atoms with E-state index in [0.29, 0.717) is 6.54 Å². The Morgan fingerprint density at radius 1 is 1.19 bits per heavy atom. The monoisotopic (exact) mass is 371 g/mol. The molecule has 0 saturated carbocycles. The van der Waals surface area contributed by atoms with Crippen molar-refractivity contribution < 1.29 is 9.53 Å². The van der Waals surface area contributed by atoms with Gasteiger partial charge in [-0.15, -0.1) is 11.8 Å². The molecule has 0 unspecified atom stereocenters. The van der Waals surface area contributed by atoms with Gasteiger partial charge in [0.1, 0.15) is 5.82 Å². The summed E-state index contributed by atoms with van der Waals surface area (Å²) in [5.74, 6) is 1.86. The van der Waals surface area contributed by atoms with E-state index in [1.54, 1.807) is 11.8 Å². The molecule has 3 rings (SSSR count). The first-order chi connectivity index (χ1) is 12.7. The van der Waals surface area contributed by atoms with E-state index >= 15 is 0 Å². The number of anilines is 1. The van der Waals surface area contributed by atoms with Gasteiger partial charge in [-0.1, -0.05) is 36.4 Å². The quantitative estimate of drug-likeness (QED) is 0.811. The zero-order valence-corrected chi connectivity index (χ0v) is 15.9. The predicted octanol–water partition coefficient (Wildman–Crippen LogP) is 2.86. The van der Waals surface area contributed by atoms with Crippen LogP contribution in [0.2, 0.25) is 0 Å². The molecule has 0 spiro atoms. The summed E-state index contributed by atoms with van der Waals surface area (Å²) in [6.07, 6.45) is 1.84. The molecule has 0 bridgehead atoms. The summed E-state index contributed by atoms with van der Waals surface area (Å²) in [4.78, 5) is 19.0. The SMILES string of the molecule is C[C@H](SCc1ccccc1)C(=O)NCc1ccc(N2CCOCC2)nc1. The number of carbonyl (C=O) groups is 1. The fraction of sp³-hybridized carbons (Fsp3) is 0.400. The highest BCUT2D eigenvalue weighted by Crippen LogP contribution is 2.18. The highest BCUT2D eigenvalue weighted by atomic mass is 32.2. The second kappa shape index (κ2) is 9.59. The number of thioether (sulfide) groups is 1. The fourth-order valence-electron chi connectivity index (χ4n) is 2.70. The summed E-state index contributed by atoms with van der Waals surface area (Å²) in [7, 11) is 0. The van der Waals surface area contributed by atoms with Crippen LogP contribution in [0, 0.1) is 0 Å². The lowest BCUT2D eigenvalue weighted by Crippen LogP contribution is -2.36. The van der Waals surface area contributed by atoms with E-state index < -0.39 is 0 Å². The Kier molecular flexibility index (Phi) is 6.91. The number of hydrogen-bond donors (Lipinski definition) is 1. The third kappa shape index (κ3) is 5.47. The van der Waals surface area contributed by atoms with Crippen LogP contribution in [-0.2, 0) is 21.8 Å². The average molecular weight is 372 g/mol. The van der Waals surface area contributed by atoms with E-state index in [2.05, 4.69) is 27.3 Å². The fourth-order valence-corrected chi connectivity index (χ4v) is 3.57. The van der Waals surface area contributed by atoms with Crippen molar-refractivity contribution in [1.29, 1.82) is 0 Å². The van der Waals surface area contributed by atoms with Crippen LogP contribution in [-0.4, -0.2) is 42.4 Å². The van der Waals surface area contributed by atoms with Crippen molar-refractivity contribution in [1.82, 2.24) is 10.3 Å². The van der Waals surface area contributed by atoms with Gasteiger partial charge >= 0.3 is 0 Å². The zero-order valence-electron chi connectivity index (χ0n) is 15.1. The Morgan fingerprint density at radius 2 is 1.96 bits per heavy atom. The maximum Gasteiger partial charge on any atom is 0.233 e. The van der Waals surface area contributed by atoms with E-state index in [-0.39, 0.29) is 11.2 Å². The van der Waals surface area contributed by atoms with Crippen LogP contribution in [0.3, 0.4) is 0 Å². The lowest BCUT2D eigenvalue weighted by Gasteiger charge is -2.27. The summed E-state index contributed by atoms with van der Waals surface area (Å²) in [5.41, 5.74) is 2.25. The summed E-state index contributed by atoms with van der Waals surface area (Å²) in [5, 5.41) is 2.91. The van der Waals surface area contributed by atoms with Gasteiger partial charge in [0, 0.05) is 31.6 Å². The van der Waals surface area contributed by atoms with Crippen molar-refractivity contribution in [3.05, 3.63) is 59.8 Å². The normalized spacial score (nSPS) is 15.5. The van der Waals surface area contributed by atoms with Crippen LogP contribution < -0.4 is 10.2 Å². The van der Waals surface area contributed by atoms with Crippen LogP contribution in [0.15, 0.2) is 48.7 Å². The average Bonchev–Trinajstić information content (AvgIpc) is 2.72. The van der Waals surface area contributed by atoms with Gasteiger partial charge in [-0.3, -0.25) is 4.79 Å². The molecule has 1 aliphatic heterocycles. The standard InChI is InChI=1S/C20H25N3O2S/c1-16(26-15-17-5-3-2-4-6-17)20(24)22-14-18-7-8-19(21-13-18)23-9-11-25-12-10-23/h2-8,13,16H,9-12,14-15H2,1H3,(H,22,24)/t16-/m0/s1. The summed E-state index contributed by atoms with van der Waals surface area (Å²) in [6.45, 7) is 5.70. The Hall–Kier alpha value is -2.05. The molecule has 1 aliphatic rings. The van der Waals surface area contributed by atoms with Gasteiger partial charge in [0.15, 0.2) is 0 Å². The van der Waals surface area contributed by atoms with Crippen molar-refractivity contribution in [2.45, 2.75) is 24.5 Å². The van der Waals surface area contributed by atoms with Crippen LogP contribution in [0.5, 0.6) is 0 Å². The van der Waals surface area contributed by atoms with Crippen molar-refractivity contribution in [3.8, 4) is 0 Å². The third-order valence-electron chi connectivity index (χ3n) is 4.32. The molecule has 1 amide bonds. The number of carbonyl (C=O) groups excluding carboxylic acids is 1. The van der Waals surface area contributed by atoms with Crippen LogP contribution >= 0.6 is 11.8 Å². The number of ether oxygens (including phenoxy) is 1. The van der Waals surface area contributed by atoms with E-state index in [9.17, 15) is 4.79 Å². The molecule has 1 atom stereocenters. The summed E-state index contributed by atoms with van der Waals surface area (Å²) >= 11 is 1.65. The third-order valence-corrected chi connectivity index (χ3v) is 5.54. The Labute approximate surface area is 159 Å². The number of amides is 1. The lowest BCUT2D eigenvalue weighted by atomic mass is 10.2. The first kappa shape index (κ1) is 18.7. The predicted molar refractivity (Wildman–Crippen MR) is 106 cm³/mol. The van der Waals surface area contributed by atoms with Crippen molar-refractivity contribution in [2.24, 2.45) is 0 Å². The van der Waals surface area contributed by atoms with Crippen molar-refractivity contribution >= 4 is 23.5 Å². The largest absolute Gasteiger partial charge is 0.378 e. The Morgan fingerprint density at radius 3 is 2.65 bits per heavy atom. The maximum atomic E-state index is 12.3. The molecule has 2 heterocycles. The van der Waals surface area contributed by atoms with Gasteiger partial charge in [0.2, 0.25) is 5.91 Å². The Bertz CT molecular complexity index is 688. The van der Waals surface area contributed by atoms with E-state index in [1.807, 2.05) is 43.5 Å². The minimum absolute atomic E-state index is 0.0585. The summed E-state index contributed by atoms with van der Waals surface area (Å²) in [6, 6.07) is 14.3. The van der Waals surface area contributed by atoms with Crippen LogP contribution in [0.1, 0.15) is 18.1 Å². The molecular formula is C20H25N3O2S. The van der Waals surface area contributed by atoms with Gasteiger partial charge in [-0.2, -0.15) is 0 Å². The highest BCUT2D eigenvalue weighted by molar-refractivity contribution is 7.99. The molecule has 0 radical (unpaired) electrons. The van der Waals surface area contributed by atoms with E-state index in [1.165, 1.54) is 5.56 Å². The molecule has 1 fully saturated rings. The van der Waals surface area contributed by atoms with Crippen LogP contribution in [0.4, 0.5) is 5.82 Å². The molecule has 5 nitrogen and oxygen atoms in total. The molecular weight excluding hydrogens is 346 g/mol. The van der Waals surface area contributed by atoms with Gasteiger partial charge < -0.3 is 15.0 Å². The highest BCUT2D eigenvalue weighted by Gasteiger charge is 2.14. The maximum absolute atomic E-state index is 12.3. The van der Waals surface area contributed by atoms with Crippen molar-refractivity contribution in [2.75, 3.05) is 31.2 Å². The number of morpholine rings is 1. The van der Waals surface area contributed by atoms with Gasteiger partial charge in [-0.05, 0) is 24.1 Å². The molecule has 2 aromatic rings. The summed E-state index contributed by atoms with van der Waals surface area (Å²) < 4.78 is 5.36. The topological polar surface area (TPSA) is 54.5 Å². The second-order valence-electron chi connectivity index (χ2n) is 6.28. The molecule has 26 heavy (non-hydrogen) atoms. The number of rotatable bonds is 7. The van der Waals surface area contributed by atoms with Gasteiger partial charge in [0.05, 0.1) is 18.5 Å². The smallest absolute Gasteiger partial charge is 0.233 e. The van der Waals surface area contributed by atoms with Crippen LogP contribution in [0.25, 0.3) is 0 Å². The number of nitrogens with one attached hydrogen (secondary N) is 1. The van der Waals surface area contributed by atoms with Crippen molar-refractivity contribution in [3.63, 3.8) is 0 Å². The molecule has 1 N–H and O–H groups in total. The zero-order chi connectivity index (χ0) is 18.2.